The van der Waals surface area contributed by atoms with Crippen LogP contribution in [-0.4, -0.2) is 13.1 Å². The van der Waals surface area contributed by atoms with Crippen molar-refractivity contribution >= 4 is 5.69 Å². The first-order chi connectivity index (χ1) is 16.2. The molecule has 1 aromatic carbocycles. The minimum Gasteiger partial charge on any atom is -0.388 e. The molecule has 0 fully saturated rings. The molecule has 0 atom stereocenters. The molecule has 0 spiro atoms. The van der Waals surface area contributed by atoms with Gasteiger partial charge in [-0.2, -0.15) is 0 Å². The summed E-state index contributed by atoms with van der Waals surface area (Å²) in [6.07, 6.45) is 22.1. The van der Waals surface area contributed by atoms with Gasteiger partial charge in [0, 0.05) is 29.9 Å². The molecule has 2 heteroatoms. The third-order valence-electron chi connectivity index (χ3n) is 6.29. The van der Waals surface area contributed by atoms with E-state index in [1.807, 2.05) is 6.08 Å². The Hall–Kier alpha value is -2.74. The van der Waals surface area contributed by atoms with Crippen LogP contribution in [0.25, 0.3) is 0 Å². The number of allylic oxidation sites excluding steroid dienone is 10. The number of hydrogen-bond donors (Lipinski definition) is 2. The summed E-state index contributed by atoms with van der Waals surface area (Å²) in [5.74, 6) is 0. The van der Waals surface area contributed by atoms with E-state index in [4.69, 9.17) is 0 Å². The fourth-order valence-electron chi connectivity index (χ4n) is 3.70. The van der Waals surface area contributed by atoms with Crippen LogP contribution in [0.3, 0.4) is 0 Å². The molecule has 186 valence electrons. The predicted octanol–water partition coefficient (Wildman–Crippen LogP) is 8.89. The Bertz CT molecular complexity index is 891. The van der Waals surface area contributed by atoms with E-state index in [1.54, 1.807) is 6.08 Å². The van der Waals surface area contributed by atoms with Gasteiger partial charge in [-0.15, -0.1) is 0 Å². The monoisotopic (exact) mass is 460 g/mol. The summed E-state index contributed by atoms with van der Waals surface area (Å²) < 4.78 is 0. The van der Waals surface area contributed by atoms with E-state index in [2.05, 4.69) is 132 Å². The normalized spacial score (nSPS) is 13.9. The molecule has 0 saturated carbocycles. The lowest BCUT2D eigenvalue weighted by molar-refractivity contribution is 0.488. The number of nitrogens with one attached hydrogen (secondary N) is 2. The molecule has 0 aliphatic rings. The van der Waals surface area contributed by atoms with Crippen LogP contribution in [0.2, 0.25) is 0 Å². The van der Waals surface area contributed by atoms with Crippen molar-refractivity contribution in [2.24, 2.45) is 5.41 Å². The summed E-state index contributed by atoms with van der Waals surface area (Å²) in [5.41, 5.74) is 5.15. The van der Waals surface area contributed by atoms with Gasteiger partial charge in [0.05, 0.1) is 0 Å². The molecule has 0 bridgehead atoms. The second-order valence-electron chi connectivity index (χ2n) is 9.98. The van der Waals surface area contributed by atoms with Crippen molar-refractivity contribution in [2.75, 3.05) is 18.4 Å². The molecule has 0 aliphatic heterocycles. The average molecular weight is 461 g/mol. The van der Waals surface area contributed by atoms with Crippen LogP contribution in [-0.2, 0) is 5.41 Å². The lowest BCUT2D eigenvalue weighted by Gasteiger charge is -2.30. The number of anilines is 1. The van der Waals surface area contributed by atoms with Gasteiger partial charge in [-0.3, -0.25) is 0 Å². The first-order valence-electron chi connectivity index (χ1n) is 12.8. The molecule has 1 rings (SSSR count). The zero-order valence-electron chi connectivity index (χ0n) is 22.7. The maximum Gasteiger partial charge on any atom is 0.0378 e. The van der Waals surface area contributed by atoms with E-state index >= 15 is 0 Å². The maximum absolute atomic E-state index is 3.75. The highest BCUT2D eigenvalue weighted by molar-refractivity contribution is 5.54. The third kappa shape index (κ3) is 9.63. The van der Waals surface area contributed by atoms with Gasteiger partial charge in [0.2, 0.25) is 0 Å². The van der Waals surface area contributed by atoms with E-state index in [0.29, 0.717) is 0 Å². The Morgan fingerprint density at radius 3 is 2.24 bits per heavy atom. The molecule has 0 heterocycles. The zero-order valence-corrected chi connectivity index (χ0v) is 22.7. The van der Waals surface area contributed by atoms with Gasteiger partial charge in [0.25, 0.3) is 0 Å². The Labute approximate surface area is 210 Å². The van der Waals surface area contributed by atoms with E-state index in [0.717, 1.165) is 32.4 Å². The third-order valence-corrected chi connectivity index (χ3v) is 6.29. The highest BCUT2D eigenvalue weighted by Crippen LogP contribution is 2.34. The van der Waals surface area contributed by atoms with Crippen LogP contribution in [0, 0.1) is 5.41 Å². The quantitative estimate of drug-likeness (QED) is 0.255. The van der Waals surface area contributed by atoms with Crippen LogP contribution in [0.5, 0.6) is 0 Å². The Morgan fingerprint density at radius 1 is 0.882 bits per heavy atom. The van der Waals surface area contributed by atoms with E-state index < -0.39 is 0 Å². The second-order valence-corrected chi connectivity index (χ2v) is 9.98. The molecule has 34 heavy (non-hydrogen) atoms. The largest absolute Gasteiger partial charge is 0.388 e. The molecule has 2 nitrogen and oxygen atoms in total. The summed E-state index contributed by atoms with van der Waals surface area (Å²) in [6, 6.07) is 8.69. The van der Waals surface area contributed by atoms with Crippen molar-refractivity contribution in [3.05, 3.63) is 102 Å². The number of benzene rings is 1. The van der Waals surface area contributed by atoms with Crippen LogP contribution < -0.4 is 10.6 Å². The first kappa shape index (κ1) is 29.3. The van der Waals surface area contributed by atoms with E-state index in [1.165, 1.54) is 22.5 Å². The first-order valence-corrected chi connectivity index (χ1v) is 12.8. The topological polar surface area (TPSA) is 24.1 Å². The van der Waals surface area contributed by atoms with E-state index in [9.17, 15) is 0 Å². The smallest absolute Gasteiger partial charge is 0.0378 e. The summed E-state index contributed by atoms with van der Waals surface area (Å²) in [6.45, 7) is 21.5. The standard InChI is InChI=1S/C32H48N2/c1-9-12-15-20-27(4)32(7,8)30(34-26-11-3)23-16-13-14-19-24-31(5,6)28-21-17-18-22-29(28)33-25-10-2/h9,12-23,33-34H,1,10-11,24-26H2,2-8H3/b15-12-,16-13+,19-14+,27-20+,30-23+. The summed E-state index contributed by atoms with van der Waals surface area (Å²) >= 11 is 0. The molecule has 1 aromatic rings. The summed E-state index contributed by atoms with van der Waals surface area (Å²) in [7, 11) is 0. The van der Waals surface area contributed by atoms with Gasteiger partial charge in [0.1, 0.15) is 0 Å². The summed E-state index contributed by atoms with van der Waals surface area (Å²) in [5, 5.41) is 7.22. The number of hydrogen-bond acceptors (Lipinski definition) is 2. The highest BCUT2D eigenvalue weighted by Gasteiger charge is 2.24. The van der Waals surface area contributed by atoms with Crippen LogP contribution in [0.4, 0.5) is 5.69 Å². The van der Waals surface area contributed by atoms with Crippen molar-refractivity contribution < 1.29 is 0 Å². The molecule has 2 N–H and O–H groups in total. The minimum absolute atomic E-state index is 0.0637. The van der Waals surface area contributed by atoms with Crippen LogP contribution in [0.15, 0.2) is 96.8 Å². The lowest BCUT2D eigenvalue weighted by Crippen LogP contribution is -2.28. The molecule has 0 amide bonds. The average Bonchev–Trinajstić information content (AvgIpc) is 2.81. The van der Waals surface area contributed by atoms with Gasteiger partial charge in [-0.1, -0.05) is 121 Å². The zero-order chi connectivity index (χ0) is 25.5. The Kier molecular flexibility index (Phi) is 13.1. The van der Waals surface area contributed by atoms with Crippen molar-refractivity contribution in [3.8, 4) is 0 Å². The molecule has 0 radical (unpaired) electrons. The lowest BCUT2D eigenvalue weighted by atomic mass is 9.80. The Balaban J connectivity index is 2.94. The van der Waals surface area contributed by atoms with Crippen molar-refractivity contribution in [1.82, 2.24) is 5.32 Å². The van der Waals surface area contributed by atoms with Crippen molar-refractivity contribution in [2.45, 2.75) is 73.1 Å². The second kappa shape index (κ2) is 15.2. The summed E-state index contributed by atoms with van der Waals surface area (Å²) in [4.78, 5) is 0. The molecule has 0 aliphatic carbocycles. The van der Waals surface area contributed by atoms with Gasteiger partial charge < -0.3 is 10.6 Å². The molecule has 0 aromatic heterocycles. The van der Waals surface area contributed by atoms with Gasteiger partial charge in [-0.25, -0.2) is 0 Å². The van der Waals surface area contributed by atoms with Crippen molar-refractivity contribution in [1.29, 1.82) is 0 Å². The van der Waals surface area contributed by atoms with Gasteiger partial charge in [-0.05, 0) is 49.3 Å². The molecule has 0 unspecified atom stereocenters. The van der Waals surface area contributed by atoms with Gasteiger partial charge in [0.15, 0.2) is 0 Å². The molecular formula is C32H48N2. The maximum atomic E-state index is 3.75. The van der Waals surface area contributed by atoms with Crippen LogP contribution >= 0.6 is 0 Å². The fourth-order valence-corrected chi connectivity index (χ4v) is 3.70. The SMILES string of the molecule is C=C/C=C\C=C(/C)C(C)(C)\C(=C/C=C/C=C/CC(C)(C)c1ccccc1NCCC)NCCC. The fraction of sp³-hybridized carbons (Fsp3) is 0.438. The number of rotatable bonds is 15. The minimum atomic E-state index is -0.0775. The number of para-hydroxylation sites is 1. The van der Waals surface area contributed by atoms with Gasteiger partial charge >= 0.3 is 0 Å². The predicted molar refractivity (Wildman–Crippen MR) is 154 cm³/mol. The van der Waals surface area contributed by atoms with E-state index in [-0.39, 0.29) is 10.8 Å². The molecular weight excluding hydrogens is 412 g/mol. The molecule has 0 saturated heterocycles. The van der Waals surface area contributed by atoms with Crippen LogP contribution in [0.1, 0.15) is 73.3 Å². The van der Waals surface area contributed by atoms with Crippen molar-refractivity contribution in [3.63, 3.8) is 0 Å². The highest BCUT2D eigenvalue weighted by atomic mass is 14.9. The Morgan fingerprint density at radius 2 is 1.56 bits per heavy atom.